The van der Waals surface area contributed by atoms with Gasteiger partial charge in [0.05, 0.1) is 7.11 Å². The Hall–Kier alpha value is -1.39. The molecule has 0 amide bonds. The summed E-state index contributed by atoms with van der Waals surface area (Å²) < 4.78 is 4.95. The summed E-state index contributed by atoms with van der Waals surface area (Å²) in [6.45, 7) is 0.797. The fourth-order valence-corrected chi connectivity index (χ4v) is 3.16. The number of hydrogen-bond acceptors (Lipinski definition) is 4. The van der Waals surface area contributed by atoms with Gasteiger partial charge in [-0.15, -0.1) is 0 Å². The maximum absolute atomic E-state index is 12.2. The van der Waals surface area contributed by atoms with E-state index in [0.29, 0.717) is 12.5 Å². The van der Waals surface area contributed by atoms with Crippen molar-refractivity contribution in [2.75, 3.05) is 20.7 Å². The molecule has 4 nitrogen and oxygen atoms in total. The highest BCUT2D eigenvalue weighted by atomic mass is 16.5. The molecular formula is C17H26N2O2. The van der Waals surface area contributed by atoms with Gasteiger partial charge in [0, 0.05) is 12.6 Å². The molecule has 1 aliphatic rings. The van der Waals surface area contributed by atoms with Gasteiger partial charge in [0.2, 0.25) is 0 Å². The first kappa shape index (κ1) is 16.0. The molecule has 116 valence electrons. The van der Waals surface area contributed by atoms with E-state index in [9.17, 15) is 4.79 Å². The third-order valence-corrected chi connectivity index (χ3v) is 4.65. The molecule has 0 bridgehead atoms. The third-order valence-electron chi connectivity index (χ3n) is 4.65. The van der Waals surface area contributed by atoms with Crippen molar-refractivity contribution >= 4 is 5.97 Å². The molecule has 4 heteroatoms. The van der Waals surface area contributed by atoms with E-state index in [0.717, 1.165) is 12.1 Å². The van der Waals surface area contributed by atoms with Gasteiger partial charge in [0.1, 0.15) is 5.54 Å². The van der Waals surface area contributed by atoms with E-state index in [2.05, 4.69) is 11.9 Å². The van der Waals surface area contributed by atoms with E-state index in [4.69, 9.17) is 10.5 Å². The molecule has 1 unspecified atom stereocenters. The average Bonchev–Trinajstić information content (AvgIpc) is 3.06. The molecule has 1 aromatic carbocycles. The maximum atomic E-state index is 12.2. The van der Waals surface area contributed by atoms with E-state index in [1.807, 2.05) is 30.3 Å². The summed E-state index contributed by atoms with van der Waals surface area (Å²) in [4.78, 5) is 14.5. The first-order chi connectivity index (χ1) is 10.1. The monoisotopic (exact) mass is 290 g/mol. The van der Waals surface area contributed by atoms with Crippen LogP contribution in [0.15, 0.2) is 30.3 Å². The molecule has 1 aliphatic carbocycles. The van der Waals surface area contributed by atoms with Crippen molar-refractivity contribution in [3.05, 3.63) is 35.9 Å². The van der Waals surface area contributed by atoms with Crippen LogP contribution in [0.4, 0.5) is 0 Å². The Kier molecular flexibility index (Phi) is 5.37. The minimum absolute atomic E-state index is 0.367. The summed E-state index contributed by atoms with van der Waals surface area (Å²) in [6, 6.07) is 10.1. The van der Waals surface area contributed by atoms with Crippen LogP contribution in [-0.2, 0) is 15.1 Å². The second-order valence-electron chi connectivity index (χ2n) is 6.00. The van der Waals surface area contributed by atoms with Crippen molar-refractivity contribution in [1.29, 1.82) is 0 Å². The highest BCUT2D eigenvalue weighted by Crippen LogP contribution is 2.27. The normalized spacial score (nSPS) is 18.7. The summed E-state index contributed by atoms with van der Waals surface area (Å²) in [5.41, 5.74) is 6.17. The molecule has 0 radical (unpaired) electrons. The van der Waals surface area contributed by atoms with Crippen molar-refractivity contribution in [3.8, 4) is 0 Å². The number of ether oxygens (including phenoxy) is 1. The minimum atomic E-state index is -1.07. The predicted molar refractivity (Wildman–Crippen MR) is 83.8 cm³/mol. The number of nitrogens with zero attached hydrogens (tertiary/aromatic N) is 1. The molecule has 0 aliphatic heterocycles. The van der Waals surface area contributed by atoms with Gasteiger partial charge >= 0.3 is 5.97 Å². The van der Waals surface area contributed by atoms with E-state index in [1.165, 1.54) is 32.8 Å². The zero-order valence-electron chi connectivity index (χ0n) is 13.0. The molecule has 1 aromatic rings. The van der Waals surface area contributed by atoms with Gasteiger partial charge in [-0.25, -0.2) is 4.79 Å². The molecule has 0 aromatic heterocycles. The lowest BCUT2D eigenvalue weighted by Crippen LogP contribution is -2.48. The van der Waals surface area contributed by atoms with Crippen LogP contribution < -0.4 is 5.73 Å². The molecule has 0 heterocycles. The van der Waals surface area contributed by atoms with Crippen LogP contribution in [0.1, 0.15) is 37.7 Å². The number of benzene rings is 1. The zero-order chi connectivity index (χ0) is 15.3. The molecule has 0 spiro atoms. The van der Waals surface area contributed by atoms with Crippen LogP contribution in [0.25, 0.3) is 0 Å². The van der Waals surface area contributed by atoms with Crippen LogP contribution in [0.3, 0.4) is 0 Å². The second-order valence-corrected chi connectivity index (χ2v) is 6.00. The smallest absolute Gasteiger partial charge is 0.330 e. The van der Waals surface area contributed by atoms with Crippen molar-refractivity contribution in [2.24, 2.45) is 5.73 Å². The predicted octanol–water partition coefficient (Wildman–Crippen LogP) is 2.28. The SMILES string of the molecule is COC(=O)C(N)(CCN(C)C1CCCC1)c1ccccc1. The molecule has 21 heavy (non-hydrogen) atoms. The highest BCUT2D eigenvalue weighted by molar-refractivity contribution is 5.82. The summed E-state index contributed by atoms with van der Waals surface area (Å²) in [5.74, 6) is -0.367. The standard InChI is InChI=1S/C17H26N2O2/c1-19(15-10-6-7-11-15)13-12-17(18,16(20)21-2)14-8-4-3-5-9-14/h3-5,8-9,15H,6-7,10-13,18H2,1-2H3. The largest absolute Gasteiger partial charge is 0.467 e. The minimum Gasteiger partial charge on any atom is -0.467 e. The van der Waals surface area contributed by atoms with Crippen molar-refractivity contribution in [3.63, 3.8) is 0 Å². The van der Waals surface area contributed by atoms with Crippen LogP contribution >= 0.6 is 0 Å². The third kappa shape index (κ3) is 3.63. The number of esters is 1. The Balaban J connectivity index is 2.08. The van der Waals surface area contributed by atoms with Gasteiger partial charge in [-0.1, -0.05) is 43.2 Å². The maximum Gasteiger partial charge on any atom is 0.330 e. The summed E-state index contributed by atoms with van der Waals surface area (Å²) in [5, 5.41) is 0. The van der Waals surface area contributed by atoms with Crippen molar-refractivity contribution in [1.82, 2.24) is 4.90 Å². The first-order valence-corrected chi connectivity index (χ1v) is 7.71. The Bertz CT molecular complexity index is 457. The van der Waals surface area contributed by atoms with E-state index in [-0.39, 0.29) is 5.97 Å². The number of rotatable bonds is 6. The topological polar surface area (TPSA) is 55.6 Å². The Morgan fingerprint density at radius 1 is 1.33 bits per heavy atom. The summed E-state index contributed by atoms with van der Waals surface area (Å²) in [6.07, 6.45) is 5.67. The first-order valence-electron chi connectivity index (χ1n) is 7.71. The van der Waals surface area contributed by atoms with Crippen LogP contribution in [-0.4, -0.2) is 37.6 Å². The molecule has 1 fully saturated rings. The van der Waals surface area contributed by atoms with E-state index in [1.54, 1.807) is 0 Å². The quantitative estimate of drug-likeness (QED) is 0.817. The number of carbonyl (C=O) groups excluding carboxylic acids is 1. The van der Waals surface area contributed by atoms with Crippen LogP contribution in [0.2, 0.25) is 0 Å². The lowest BCUT2D eigenvalue weighted by Gasteiger charge is -2.31. The number of nitrogens with two attached hydrogens (primary N) is 1. The number of carbonyl (C=O) groups is 1. The highest BCUT2D eigenvalue weighted by Gasteiger charge is 2.37. The van der Waals surface area contributed by atoms with Gasteiger partial charge in [0.25, 0.3) is 0 Å². The molecule has 2 N–H and O–H groups in total. The van der Waals surface area contributed by atoms with Gasteiger partial charge in [-0.3, -0.25) is 0 Å². The average molecular weight is 290 g/mol. The van der Waals surface area contributed by atoms with Crippen molar-refractivity contribution < 1.29 is 9.53 Å². The number of methoxy groups -OCH3 is 1. The molecular weight excluding hydrogens is 264 g/mol. The lowest BCUT2D eigenvalue weighted by molar-refractivity contribution is -0.148. The van der Waals surface area contributed by atoms with Crippen LogP contribution in [0, 0.1) is 0 Å². The van der Waals surface area contributed by atoms with E-state index >= 15 is 0 Å². The van der Waals surface area contributed by atoms with E-state index < -0.39 is 5.54 Å². The molecule has 0 saturated heterocycles. The Morgan fingerprint density at radius 2 is 1.95 bits per heavy atom. The molecule has 1 saturated carbocycles. The Labute approximate surface area is 127 Å². The van der Waals surface area contributed by atoms with Gasteiger partial charge in [-0.2, -0.15) is 0 Å². The Morgan fingerprint density at radius 3 is 2.52 bits per heavy atom. The lowest BCUT2D eigenvalue weighted by atomic mass is 9.87. The van der Waals surface area contributed by atoms with Crippen LogP contribution in [0.5, 0.6) is 0 Å². The van der Waals surface area contributed by atoms with Gasteiger partial charge < -0.3 is 15.4 Å². The summed E-state index contributed by atoms with van der Waals surface area (Å²) >= 11 is 0. The molecule has 1 atom stereocenters. The van der Waals surface area contributed by atoms with Gasteiger partial charge in [-0.05, 0) is 31.9 Å². The van der Waals surface area contributed by atoms with Crippen molar-refractivity contribution in [2.45, 2.75) is 43.7 Å². The summed E-state index contributed by atoms with van der Waals surface area (Å²) in [7, 11) is 3.52. The molecule has 2 rings (SSSR count). The van der Waals surface area contributed by atoms with Gasteiger partial charge in [0.15, 0.2) is 0 Å². The fraction of sp³-hybridized carbons (Fsp3) is 0.588. The second kappa shape index (κ2) is 7.05. The fourth-order valence-electron chi connectivity index (χ4n) is 3.16. The number of hydrogen-bond donors (Lipinski definition) is 1. The zero-order valence-corrected chi connectivity index (χ0v) is 13.0.